The van der Waals surface area contributed by atoms with E-state index in [9.17, 15) is 0 Å². The van der Waals surface area contributed by atoms with Crippen LogP contribution >= 0.6 is 0 Å². The summed E-state index contributed by atoms with van der Waals surface area (Å²) >= 11 is 0. The van der Waals surface area contributed by atoms with Crippen LogP contribution in [0.2, 0.25) is 0 Å². The third-order valence-corrected chi connectivity index (χ3v) is 3.76. The Kier molecular flexibility index (Phi) is 1.02. The first kappa shape index (κ1) is 6.12. The predicted octanol–water partition coefficient (Wildman–Crippen LogP) is 2.30. The summed E-state index contributed by atoms with van der Waals surface area (Å²) in [6.45, 7) is 2.28. The Bertz CT molecular complexity index is 242. The molecule has 0 heteroatoms. The molecule has 0 aromatic carbocycles. The quantitative estimate of drug-likeness (QED) is 0.524. The SMILES string of the molecule is CCCC1C#CC2C3CC3C12. The summed E-state index contributed by atoms with van der Waals surface area (Å²) in [7, 11) is 0. The number of hydrogen-bond acceptors (Lipinski definition) is 0. The monoisotopic (exact) mass is 146 g/mol. The van der Waals surface area contributed by atoms with Gasteiger partial charge in [0.1, 0.15) is 0 Å². The van der Waals surface area contributed by atoms with Crippen LogP contribution in [0.3, 0.4) is 0 Å². The molecule has 3 aliphatic rings. The Morgan fingerprint density at radius 2 is 2.18 bits per heavy atom. The van der Waals surface area contributed by atoms with Crippen LogP contribution in [0, 0.1) is 41.4 Å². The second-order valence-corrected chi connectivity index (χ2v) is 4.35. The van der Waals surface area contributed by atoms with Crippen molar-refractivity contribution < 1.29 is 0 Å². The van der Waals surface area contributed by atoms with Crippen LogP contribution in [0.15, 0.2) is 0 Å². The van der Waals surface area contributed by atoms with Crippen molar-refractivity contribution in [2.45, 2.75) is 26.2 Å². The van der Waals surface area contributed by atoms with E-state index in [1.165, 1.54) is 19.3 Å². The summed E-state index contributed by atoms with van der Waals surface area (Å²) in [5.41, 5.74) is 0. The Hall–Kier alpha value is -0.440. The first-order valence-corrected chi connectivity index (χ1v) is 4.93. The van der Waals surface area contributed by atoms with Crippen molar-refractivity contribution in [2.75, 3.05) is 0 Å². The van der Waals surface area contributed by atoms with Gasteiger partial charge in [-0.1, -0.05) is 25.2 Å². The number of rotatable bonds is 2. The summed E-state index contributed by atoms with van der Waals surface area (Å²) < 4.78 is 0. The maximum atomic E-state index is 3.43. The molecule has 2 fully saturated rings. The average Bonchev–Trinajstić information content (AvgIpc) is 2.56. The molecule has 0 aliphatic heterocycles. The summed E-state index contributed by atoms with van der Waals surface area (Å²) in [6.07, 6.45) is 4.20. The molecular weight excluding hydrogens is 132 g/mol. The molecule has 0 saturated heterocycles. The van der Waals surface area contributed by atoms with E-state index in [-0.39, 0.29) is 0 Å². The highest BCUT2D eigenvalue weighted by Crippen LogP contribution is 2.67. The zero-order valence-electron chi connectivity index (χ0n) is 7.01. The third-order valence-electron chi connectivity index (χ3n) is 3.76. The van der Waals surface area contributed by atoms with E-state index in [4.69, 9.17) is 0 Å². The molecule has 3 rings (SSSR count). The maximum Gasteiger partial charge on any atom is 0.0276 e. The molecular formula is C11H14. The fourth-order valence-corrected chi connectivity index (χ4v) is 3.12. The molecule has 0 N–H and O–H groups in total. The molecule has 0 nitrogen and oxygen atoms in total. The van der Waals surface area contributed by atoms with Gasteiger partial charge in [0.25, 0.3) is 0 Å². The van der Waals surface area contributed by atoms with E-state index in [1.807, 2.05) is 0 Å². The van der Waals surface area contributed by atoms with E-state index >= 15 is 0 Å². The van der Waals surface area contributed by atoms with Crippen LogP contribution in [0.1, 0.15) is 26.2 Å². The Balaban J connectivity index is 1.76. The van der Waals surface area contributed by atoms with Crippen molar-refractivity contribution in [1.29, 1.82) is 0 Å². The van der Waals surface area contributed by atoms with Crippen LogP contribution in [0.4, 0.5) is 0 Å². The molecule has 5 atom stereocenters. The molecule has 3 aliphatic carbocycles. The van der Waals surface area contributed by atoms with E-state index in [2.05, 4.69) is 18.8 Å². The molecule has 5 unspecified atom stereocenters. The van der Waals surface area contributed by atoms with Crippen LogP contribution in [0.5, 0.6) is 0 Å². The molecule has 0 aromatic heterocycles. The standard InChI is InChI=1S/C11H14/c1-2-3-7-4-5-8-9-6-10(9)11(7)8/h7-11H,2-3,6H2,1H3. The van der Waals surface area contributed by atoms with Gasteiger partial charge in [-0.2, -0.15) is 0 Å². The smallest absolute Gasteiger partial charge is 0.0276 e. The van der Waals surface area contributed by atoms with Crippen molar-refractivity contribution in [3.05, 3.63) is 0 Å². The second kappa shape index (κ2) is 1.83. The van der Waals surface area contributed by atoms with Gasteiger partial charge in [0.05, 0.1) is 0 Å². The van der Waals surface area contributed by atoms with Crippen molar-refractivity contribution in [3.63, 3.8) is 0 Å². The maximum absolute atomic E-state index is 3.43. The molecule has 58 valence electrons. The Morgan fingerprint density at radius 3 is 3.00 bits per heavy atom. The molecule has 0 amide bonds. The van der Waals surface area contributed by atoms with Gasteiger partial charge < -0.3 is 0 Å². The van der Waals surface area contributed by atoms with Crippen LogP contribution in [-0.2, 0) is 0 Å². The van der Waals surface area contributed by atoms with Gasteiger partial charge in [-0.25, -0.2) is 0 Å². The molecule has 2 saturated carbocycles. The lowest BCUT2D eigenvalue weighted by Crippen LogP contribution is -2.30. The summed E-state index contributed by atoms with van der Waals surface area (Å²) in [5, 5.41) is 0. The van der Waals surface area contributed by atoms with E-state index < -0.39 is 0 Å². The lowest BCUT2D eigenvalue weighted by molar-refractivity contribution is 0.169. The van der Waals surface area contributed by atoms with Gasteiger partial charge in [-0.3, -0.25) is 0 Å². The molecule has 0 bridgehead atoms. The topological polar surface area (TPSA) is 0 Å². The second-order valence-electron chi connectivity index (χ2n) is 4.35. The van der Waals surface area contributed by atoms with Crippen LogP contribution < -0.4 is 0 Å². The first-order valence-electron chi connectivity index (χ1n) is 4.93. The molecule has 11 heavy (non-hydrogen) atoms. The zero-order valence-corrected chi connectivity index (χ0v) is 7.01. The fraction of sp³-hybridized carbons (Fsp3) is 0.818. The highest BCUT2D eigenvalue weighted by molar-refractivity contribution is 5.31. The van der Waals surface area contributed by atoms with E-state index in [0.29, 0.717) is 0 Å². The Morgan fingerprint density at radius 1 is 1.27 bits per heavy atom. The Labute approximate surface area is 68.4 Å². The third kappa shape index (κ3) is 0.625. The number of fused-ring (bicyclic) bond motifs is 4. The van der Waals surface area contributed by atoms with E-state index in [0.717, 1.165) is 29.6 Å². The fourth-order valence-electron chi connectivity index (χ4n) is 3.12. The van der Waals surface area contributed by atoms with Gasteiger partial charge in [-0.15, -0.1) is 0 Å². The minimum atomic E-state index is 0.800. The highest BCUT2D eigenvalue weighted by Gasteiger charge is 2.63. The van der Waals surface area contributed by atoms with Crippen molar-refractivity contribution in [2.24, 2.45) is 29.6 Å². The first-order chi connectivity index (χ1) is 5.42. The zero-order chi connectivity index (χ0) is 7.42. The minimum absolute atomic E-state index is 0.800. The van der Waals surface area contributed by atoms with Crippen molar-refractivity contribution in [1.82, 2.24) is 0 Å². The van der Waals surface area contributed by atoms with Gasteiger partial charge in [0.2, 0.25) is 0 Å². The summed E-state index contributed by atoms with van der Waals surface area (Å²) in [6, 6.07) is 0. The van der Waals surface area contributed by atoms with E-state index in [1.54, 1.807) is 0 Å². The van der Waals surface area contributed by atoms with Crippen LogP contribution in [-0.4, -0.2) is 0 Å². The molecule has 0 heterocycles. The van der Waals surface area contributed by atoms with Gasteiger partial charge in [0, 0.05) is 11.8 Å². The molecule has 0 spiro atoms. The number of hydrogen-bond donors (Lipinski definition) is 0. The van der Waals surface area contributed by atoms with Gasteiger partial charge in [0.15, 0.2) is 0 Å². The minimum Gasteiger partial charge on any atom is -0.0992 e. The summed E-state index contributed by atoms with van der Waals surface area (Å²) in [5.74, 6) is 11.7. The van der Waals surface area contributed by atoms with Crippen LogP contribution in [0.25, 0.3) is 0 Å². The lowest BCUT2D eigenvalue weighted by Gasteiger charge is -2.32. The average molecular weight is 146 g/mol. The predicted molar refractivity (Wildman–Crippen MR) is 44.8 cm³/mol. The van der Waals surface area contributed by atoms with Gasteiger partial charge >= 0.3 is 0 Å². The molecule has 0 radical (unpaired) electrons. The van der Waals surface area contributed by atoms with Crippen molar-refractivity contribution >= 4 is 0 Å². The largest absolute Gasteiger partial charge is 0.0992 e. The highest BCUT2D eigenvalue weighted by atomic mass is 14.7. The lowest BCUT2D eigenvalue weighted by atomic mass is 9.70. The summed E-state index contributed by atoms with van der Waals surface area (Å²) in [4.78, 5) is 0. The molecule has 0 aromatic rings. The van der Waals surface area contributed by atoms with Gasteiger partial charge in [-0.05, 0) is 30.6 Å². The van der Waals surface area contributed by atoms with Crippen molar-refractivity contribution in [3.8, 4) is 11.8 Å². The normalized spacial score (nSPS) is 55.2.